The van der Waals surface area contributed by atoms with Crippen molar-refractivity contribution in [3.63, 3.8) is 0 Å². The Morgan fingerprint density at radius 2 is 2.05 bits per heavy atom. The van der Waals surface area contributed by atoms with Crippen molar-refractivity contribution < 1.29 is 4.39 Å². The van der Waals surface area contributed by atoms with Crippen molar-refractivity contribution in [2.45, 2.75) is 13.3 Å². The SMILES string of the molecule is C=C/C=C(\CC)N=CN(C)CNC(=C)c1ccc(F)cc1. The van der Waals surface area contributed by atoms with Gasteiger partial charge in [0.15, 0.2) is 0 Å². The summed E-state index contributed by atoms with van der Waals surface area (Å²) in [6, 6.07) is 6.23. The molecule has 0 fully saturated rings. The van der Waals surface area contributed by atoms with Crippen molar-refractivity contribution in [3.8, 4) is 0 Å². The lowest BCUT2D eigenvalue weighted by Gasteiger charge is -2.17. The first-order valence-electron chi connectivity index (χ1n) is 6.81. The molecular formula is C17H22FN3. The number of hydrogen-bond acceptors (Lipinski definition) is 2. The maximum atomic E-state index is 12.8. The minimum absolute atomic E-state index is 0.253. The van der Waals surface area contributed by atoms with Crippen LogP contribution in [0.5, 0.6) is 0 Å². The average molecular weight is 287 g/mol. The number of nitrogens with one attached hydrogen (secondary N) is 1. The second-order valence-electron chi connectivity index (χ2n) is 4.57. The van der Waals surface area contributed by atoms with Crippen LogP contribution in [0.4, 0.5) is 4.39 Å². The number of aliphatic imine (C=N–C) groups is 1. The molecule has 3 nitrogen and oxygen atoms in total. The van der Waals surface area contributed by atoms with Crippen molar-refractivity contribution in [1.82, 2.24) is 10.2 Å². The van der Waals surface area contributed by atoms with Crippen molar-refractivity contribution in [2.75, 3.05) is 13.7 Å². The highest BCUT2D eigenvalue weighted by Crippen LogP contribution is 2.10. The minimum Gasteiger partial charge on any atom is -0.368 e. The molecule has 0 aliphatic carbocycles. The fourth-order valence-corrected chi connectivity index (χ4v) is 1.58. The van der Waals surface area contributed by atoms with Gasteiger partial charge in [0.2, 0.25) is 0 Å². The standard InChI is InChI=1S/C17H22FN3/c1-5-7-17(6-2)20-13-21(4)12-19-14(3)15-8-10-16(18)11-9-15/h5,7-11,13,19H,1,3,6,12H2,2,4H3/b17-7+,20-13?. The van der Waals surface area contributed by atoms with E-state index in [9.17, 15) is 4.39 Å². The van der Waals surface area contributed by atoms with Gasteiger partial charge in [-0.15, -0.1) is 0 Å². The molecule has 0 unspecified atom stereocenters. The molecule has 0 saturated carbocycles. The van der Waals surface area contributed by atoms with E-state index in [-0.39, 0.29) is 5.82 Å². The predicted octanol–water partition coefficient (Wildman–Crippen LogP) is 3.78. The molecule has 1 aromatic rings. The number of halogens is 1. The average Bonchev–Trinajstić information content (AvgIpc) is 2.49. The molecule has 0 bridgehead atoms. The Morgan fingerprint density at radius 3 is 2.62 bits per heavy atom. The summed E-state index contributed by atoms with van der Waals surface area (Å²) in [6.45, 7) is 10.2. The maximum Gasteiger partial charge on any atom is 0.123 e. The summed E-state index contributed by atoms with van der Waals surface area (Å²) in [5.41, 5.74) is 2.57. The second-order valence-corrected chi connectivity index (χ2v) is 4.57. The predicted molar refractivity (Wildman–Crippen MR) is 88.3 cm³/mol. The molecular weight excluding hydrogens is 265 g/mol. The molecule has 4 heteroatoms. The molecule has 0 saturated heterocycles. The van der Waals surface area contributed by atoms with Crippen molar-refractivity contribution in [1.29, 1.82) is 0 Å². The highest BCUT2D eigenvalue weighted by molar-refractivity contribution is 5.62. The lowest BCUT2D eigenvalue weighted by molar-refractivity contribution is 0.499. The van der Waals surface area contributed by atoms with Gasteiger partial charge in [0.25, 0.3) is 0 Å². The highest BCUT2D eigenvalue weighted by Gasteiger charge is 1.99. The van der Waals surface area contributed by atoms with Gasteiger partial charge in [-0.05, 0) is 30.2 Å². The van der Waals surface area contributed by atoms with Crippen LogP contribution in [0, 0.1) is 5.82 Å². The van der Waals surface area contributed by atoms with Crippen molar-refractivity contribution >= 4 is 12.0 Å². The van der Waals surface area contributed by atoms with Gasteiger partial charge in [0.1, 0.15) is 5.82 Å². The third-order valence-electron chi connectivity index (χ3n) is 2.83. The first-order valence-corrected chi connectivity index (χ1v) is 6.81. The van der Waals surface area contributed by atoms with Gasteiger partial charge in [0.05, 0.1) is 13.0 Å². The van der Waals surface area contributed by atoms with E-state index in [1.54, 1.807) is 24.5 Å². The summed E-state index contributed by atoms with van der Waals surface area (Å²) >= 11 is 0. The van der Waals surface area contributed by atoms with Gasteiger partial charge < -0.3 is 10.2 Å². The van der Waals surface area contributed by atoms with E-state index in [4.69, 9.17) is 0 Å². The van der Waals surface area contributed by atoms with Crippen LogP contribution in [0.2, 0.25) is 0 Å². The molecule has 0 atom stereocenters. The lowest BCUT2D eigenvalue weighted by atomic mass is 10.2. The van der Waals surface area contributed by atoms with E-state index in [2.05, 4.69) is 23.5 Å². The molecule has 0 heterocycles. The molecule has 0 aromatic heterocycles. The van der Waals surface area contributed by atoms with E-state index >= 15 is 0 Å². The Kier molecular flexibility index (Phi) is 6.95. The van der Waals surface area contributed by atoms with Crippen LogP contribution >= 0.6 is 0 Å². The van der Waals surface area contributed by atoms with Crippen molar-refractivity contribution in [3.05, 3.63) is 66.7 Å². The van der Waals surface area contributed by atoms with Gasteiger partial charge >= 0.3 is 0 Å². The Balaban J connectivity index is 2.49. The van der Waals surface area contributed by atoms with Crippen LogP contribution in [0.25, 0.3) is 5.70 Å². The van der Waals surface area contributed by atoms with E-state index in [0.717, 1.165) is 23.4 Å². The van der Waals surface area contributed by atoms with E-state index in [1.807, 2.05) is 24.9 Å². The van der Waals surface area contributed by atoms with Gasteiger partial charge in [-0.1, -0.05) is 38.3 Å². The normalized spacial score (nSPS) is 11.5. The largest absolute Gasteiger partial charge is 0.368 e. The van der Waals surface area contributed by atoms with Crippen LogP contribution in [-0.4, -0.2) is 25.0 Å². The molecule has 0 radical (unpaired) electrons. The molecule has 1 aromatic carbocycles. The van der Waals surface area contributed by atoms with Crippen LogP contribution in [0.3, 0.4) is 0 Å². The third kappa shape index (κ3) is 6.08. The maximum absolute atomic E-state index is 12.8. The summed E-state index contributed by atoms with van der Waals surface area (Å²) < 4.78 is 12.8. The molecule has 0 aliphatic heterocycles. The Bertz CT molecular complexity index is 529. The molecule has 112 valence electrons. The lowest BCUT2D eigenvalue weighted by Crippen LogP contribution is -2.28. The number of allylic oxidation sites excluding steroid dienone is 3. The topological polar surface area (TPSA) is 27.6 Å². The van der Waals surface area contributed by atoms with Crippen LogP contribution < -0.4 is 5.32 Å². The van der Waals surface area contributed by atoms with E-state index in [1.165, 1.54) is 12.1 Å². The smallest absolute Gasteiger partial charge is 0.123 e. The number of benzene rings is 1. The van der Waals surface area contributed by atoms with Crippen LogP contribution in [0.15, 0.2) is 60.3 Å². The zero-order valence-electron chi connectivity index (χ0n) is 12.6. The van der Waals surface area contributed by atoms with Gasteiger partial charge in [0, 0.05) is 18.4 Å². The fourth-order valence-electron chi connectivity index (χ4n) is 1.58. The fraction of sp³-hybridized carbons (Fsp3) is 0.235. The first kappa shape index (κ1) is 16.7. The Hall–Kier alpha value is -2.36. The zero-order valence-corrected chi connectivity index (χ0v) is 12.6. The highest BCUT2D eigenvalue weighted by atomic mass is 19.1. The Labute approximate surface area is 126 Å². The summed E-state index contributed by atoms with van der Waals surface area (Å²) in [5, 5.41) is 3.17. The number of rotatable bonds is 8. The van der Waals surface area contributed by atoms with E-state index < -0.39 is 0 Å². The quantitative estimate of drug-likeness (QED) is 0.341. The van der Waals surface area contributed by atoms with Crippen molar-refractivity contribution in [2.24, 2.45) is 4.99 Å². The van der Waals surface area contributed by atoms with E-state index in [0.29, 0.717) is 6.67 Å². The molecule has 1 N–H and O–H groups in total. The van der Waals surface area contributed by atoms with Gasteiger partial charge in [-0.2, -0.15) is 0 Å². The van der Waals surface area contributed by atoms with Gasteiger partial charge in [-0.3, -0.25) is 0 Å². The number of hydrogen-bond donors (Lipinski definition) is 1. The first-order chi connectivity index (χ1) is 10.1. The second kappa shape index (κ2) is 8.74. The summed E-state index contributed by atoms with van der Waals surface area (Å²) in [5.74, 6) is -0.253. The molecule has 0 aliphatic rings. The summed E-state index contributed by atoms with van der Waals surface area (Å²) in [7, 11) is 1.91. The third-order valence-corrected chi connectivity index (χ3v) is 2.83. The molecule has 21 heavy (non-hydrogen) atoms. The molecule has 0 amide bonds. The Morgan fingerprint density at radius 1 is 1.38 bits per heavy atom. The summed E-state index contributed by atoms with van der Waals surface area (Å²) in [6.07, 6.45) is 6.22. The number of nitrogens with zero attached hydrogens (tertiary/aromatic N) is 2. The van der Waals surface area contributed by atoms with Crippen LogP contribution in [0.1, 0.15) is 18.9 Å². The van der Waals surface area contributed by atoms with Crippen LogP contribution in [-0.2, 0) is 0 Å². The zero-order chi connectivity index (χ0) is 15.7. The summed E-state index contributed by atoms with van der Waals surface area (Å²) in [4.78, 5) is 6.27. The van der Waals surface area contributed by atoms with Gasteiger partial charge in [-0.25, -0.2) is 9.38 Å². The molecule has 1 rings (SSSR count). The monoisotopic (exact) mass is 287 g/mol. The molecule has 0 spiro atoms. The minimum atomic E-state index is -0.253.